The summed E-state index contributed by atoms with van der Waals surface area (Å²) in [6.07, 6.45) is -3.16. The standard InChI is InChI=1S/C21H18F3N3O5S/c22-21(23,24)15-3-1-4-16(11-15)27-33(30,31)18-8-6-14(7-9-18)20(29)26-13-19(28)25-12-17-5-2-10-32-17/h1-11,27H,12-13H2,(H,25,28)(H,26,29). The van der Waals surface area contributed by atoms with Gasteiger partial charge in [0.2, 0.25) is 5.91 Å². The lowest BCUT2D eigenvalue weighted by atomic mass is 10.2. The molecule has 8 nitrogen and oxygen atoms in total. The molecule has 174 valence electrons. The van der Waals surface area contributed by atoms with E-state index in [1.165, 1.54) is 24.5 Å². The molecule has 0 aliphatic heterocycles. The maximum Gasteiger partial charge on any atom is 0.416 e. The highest BCUT2D eigenvalue weighted by atomic mass is 32.2. The van der Waals surface area contributed by atoms with Crippen LogP contribution in [0.4, 0.5) is 18.9 Å². The summed E-state index contributed by atoms with van der Waals surface area (Å²) in [5, 5.41) is 4.95. The molecule has 3 aromatic rings. The van der Waals surface area contributed by atoms with Crippen molar-refractivity contribution < 1.29 is 35.6 Å². The minimum atomic E-state index is -4.62. The van der Waals surface area contributed by atoms with Crippen molar-refractivity contribution in [1.29, 1.82) is 0 Å². The van der Waals surface area contributed by atoms with E-state index in [1.54, 1.807) is 12.1 Å². The number of anilines is 1. The van der Waals surface area contributed by atoms with Crippen LogP contribution in [-0.2, 0) is 27.5 Å². The summed E-state index contributed by atoms with van der Waals surface area (Å²) >= 11 is 0. The molecular formula is C21H18F3N3O5S. The SMILES string of the molecule is O=C(CNC(=O)c1ccc(S(=O)(=O)Nc2cccc(C(F)(F)F)c2)cc1)NCc1ccco1. The third-order valence-electron chi connectivity index (χ3n) is 4.32. The summed E-state index contributed by atoms with van der Waals surface area (Å²) in [6.45, 7) is -0.149. The number of carbonyl (C=O) groups is 2. The summed E-state index contributed by atoms with van der Waals surface area (Å²) < 4.78 is 70.5. The quantitative estimate of drug-likeness (QED) is 0.457. The van der Waals surface area contributed by atoms with Crippen LogP contribution in [0.3, 0.4) is 0 Å². The molecule has 0 unspecified atom stereocenters. The Morgan fingerprint density at radius 1 is 0.939 bits per heavy atom. The lowest BCUT2D eigenvalue weighted by Crippen LogP contribution is -2.36. The molecule has 0 radical (unpaired) electrons. The van der Waals surface area contributed by atoms with Gasteiger partial charge in [-0.1, -0.05) is 6.07 Å². The van der Waals surface area contributed by atoms with Crippen molar-refractivity contribution in [3.8, 4) is 0 Å². The van der Waals surface area contributed by atoms with Crippen molar-refractivity contribution >= 4 is 27.5 Å². The van der Waals surface area contributed by atoms with E-state index in [9.17, 15) is 31.2 Å². The normalized spacial score (nSPS) is 11.6. The van der Waals surface area contributed by atoms with Crippen molar-refractivity contribution in [3.05, 3.63) is 83.8 Å². The van der Waals surface area contributed by atoms with E-state index in [0.29, 0.717) is 11.8 Å². The molecular weight excluding hydrogens is 463 g/mol. The molecule has 0 saturated carbocycles. The van der Waals surface area contributed by atoms with Gasteiger partial charge in [0.15, 0.2) is 0 Å². The van der Waals surface area contributed by atoms with Gasteiger partial charge in [-0.25, -0.2) is 8.42 Å². The Morgan fingerprint density at radius 3 is 2.30 bits per heavy atom. The zero-order chi connectivity index (χ0) is 24.1. The average Bonchev–Trinajstić information content (AvgIpc) is 3.29. The topological polar surface area (TPSA) is 118 Å². The fraction of sp³-hybridized carbons (Fsp3) is 0.143. The molecule has 0 aliphatic rings. The van der Waals surface area contributed by atoms with Crippen molar-refractivity contribution in [1.82, 2.24) is 10.6 Å². The number of amides is 2. The number of hydrogen-bond donors (Lipinski definition) is 3. The van der Waals surface area contributed by atoms with E-state index in [4.69, 9.17) is 4.42 Å². The first-order valence-electron chi connectivity index (χ1n) is 9.42. The highest BCUT2D eigenvalue weighted by Gasteiger charge is 2.30. The zero-order valence-electron chi connectivity index (χ0n) is 16.8. The van der Waals surface area contributed by atoms with Crippen LogP contribution in [0.15, 0.2) is 76.2 Å². The summed E-state index contributed by atoms with van der Waals surface area (Å²) in [5.41, 5.74) is -1.16. The number of halogens is 3. The lowest BCUT2D eigenvalue weighted by Gasteiger charge is -2.11. The minimum absolute atomic E-state index is 0.0897. The maximum absolute atomic E-state index is 12.8. The first-order chi connectivity index (χ1) is 15.5. The molecule has 1 heterocycles. The molecule has 1 aromatic heterocycles. The van der Waals surface area contributed by atoms with Gasteiger partial charge in [0, 0.05) is 11.3 Å². The lowest BCUT2D eigenvalue weighted by molar-refractivity contribution is -0.137. The molecule has 12 heteroatoms. The van der Waals surface area contributed by atoms with E-state index in [1.807, 2.05) is 0 Å². The van der Waals surface area contributed by atoms with Crippen LogP contribution in [0.2, 0.25) is 0 Å². The Kier molecular flexibility index (Phi) is 7.07. The molecule has 3 N–H and O–H groups in total. The Balaban J connectivity index is 1.58. The third kappa shape index (κ3) is 6.59. The second-order valence-electron chi connectivity index (χ2n) is 6.75. The van der Waals surface area contributed by atoms with Crippen LogP contribution in [0.1, 0.15) is 21.7 Å². The summed E-state index contributed by atoms with van der Waals surface area (Å²) in [5.74, 6) is -0.521. The van der Waals surface area contributed by atoms with Gasteiger partial charge in [-0.05, 0) is 54.6 Å². The zero-order valence-corrected chi connectivity index (χ0v) is 17.7. The predicted octanol–water partition coefficient (Wildman–Crippen LogP) is 3.15. The van der Waals surface area contributed by atoms with Gasteiger partial charge in [-0.3, -0.25) is 14.3 Å². The van der Waals surface area contributed by atoms with E-state index >= 15 is 0 Å². The molecule has 0 atom stereocenters. The first-order valence-corrected chi connectivity index (χ1v) is 10.9. The van der Waals surface area contributed by atoms with Crippen LogP contribution >= 0.6 is 0 Å². The fourth-order valence-corrected chi connectivity index (χ4v) is 3.73. The molecule has 0 aliphatic carbocycles. The fourth-order valence-electron chi connectivity index (χ4n) is 2.68. The van der Waals surface area contributed by atoms with Gasteiger partial charge < -0.3 is 15.1 Å². The molecule has 0 fully saturated rings. The molecule has 3 rings (SSSR count). The summed E-state index contributed by atoms with van der Waals surface area (Å²) in [6, 6.07) is 11.8. The van der Waals surface area contributed by atoms with Gasteiger partial charge in [-0.15, -0.1) is 0 Å². The molecule has 2 amide bonds. The number of furan rings is 1. The average molecular weight is 481 g/mol. The number of hydrogen-bond acceptors (Lipinski definition) is 5. The summed E-state index contributed by atoms with van der Waals surface area (Å²) in [7, 11) is -4.19. The largest absolute Gasteiger partial charge is 0.467 e. The van der Waals surface area contributed by atoms with Gasteiger partial charge in [0.1, 0.15) is 5.76 Å². The van der Waals surface area contributed by atoms with Gasteiger partial charge in [0.25, 0.3) is 15.9 Å². The van der Waals surface area contributed by atoms with Crippen molar-refractivity contribution in [2.75, 3.05) is 11.3 Å². The minimum Gasteiger partial charge on any atom is -0.467 e. The van der Waals surface area contributed by atoms with Crippen LogP contribution in [0.5, 0.6) is 0 Å². The highest BCUT2D eigenvalue weighted by molar-refractivity contribution is 7.92. The Bertz CT molecular complexity index is 1220. The van der Waals surface area contributed by atoms with Crippen molar-refractivity contribution in [2.45, 2.75) is 17.6 Å². The number of alkyl halides is 3. The second-order valence-corrected chi connectivity index (χ2v) is 8.43. The van der Waals surface area contributed by atoms with E-state index in [2.05, 4.69) is 15.4 Å². The van der Waals surface area contributed by atoms with Gasteiger partial charge >= 0.3 is 6.18 Å². The maximum atomic E-state index is 12.8. The van der Waals surface area contributed by atoms with E-state index in [-0.39, 0.29) is 29.2 Å². The van der Waals surface area contributed by atoms with Crippen LogP contribution in [0.25, 0.3) is 0 Å². The number of carbonyl (C=O) groups excluding carboxylic acids is 2. The van der Waals surface area contributed by atoms with Crippen LogP contribution in [0, 0.1) is 0 Å². The van der Waals surface area contributed by atoms with Crippen molar-refractivity contribution in [3.63, 3.8) is 0 Å². The summed E-state index contributed by atoms with van der Waals surface area (Å²) in [4.78, 5) is 23.7. The Hall–Kier alpha value is -3.80. The number of sulfonamides is 1. The molecule has 33 heavy (non-hydrogen) atoms. The monoisotopic (exact) mass is 481 g/mol. The smallest absolute Gasteiger partial charge is 0.416 e. The highest BCUT2D eigenvalue weighted by Crippen LogP contribution is 2.31. The first kappa shape index (κ1) is 23.9. The van der Waals surface area contributed by atoms with Crippen LogP contribution < -0.4 is 15.4 Å². The number of nitrogens with one attached hydrogen (secondary N) is 3. The number of rotatable bonds is 8. The van der Waals surface area contributed by atoms with E-state index < -0.39 is 33.6 Å². The second kappa shape index (κ2) is 9.77. The molecule has 2 aromatic carbocycles. The molecule has 0 bridgehead atoms. The Labute approximate surface area is 186 Å². The van der Waals surface area contributed by atoms with Crippen molar-refractivity contribution in [2.24, 2.45) is 0 Å². The molecule has 0 spiro atoms. The van der Waals surface area contributed by atoms with E-state index in [0.717, 1.165) is 24.3 Å². The third-order valence-corrected chi connectivity index (χ3v) is 5.72. The van der Waals surface area contributed by atoms with Crippen LogP contribution in [-0.4, -0.2) is 26.8 Å². The predicted molar refractivity (Wildman–Crippen MR) is 112 cm³/mol. The number of benzene rings is 2. The Morgan fingerprint density at radius 2 is 1.67 bits per heavy atom. The van der Waals surface area contributed by atoms with Gasteiger partial charge in [-0.2, -0.15) is 13.2 Å². The van der Waals surface area contributed by atoms with Gasteiger partial charge in [0.05, 0.1) is 29.8 Å². The molecule has 0 saturated heterocycles.